The lowest BCUT2D eigenvalue weighted by Crippen LogP contribution is -2.28. The molecule has 1 aliphatic rings. The van der Waals surface area contributed by atoms with Crippen molar-refractivity contribution >= 4 is 5.82 Å². The molecule has 0 bridgehead atoms. The normalized spacial score (nSPS) is 19.5. The van der Waals surface area contributed by atoms with E-state index >= 15 is 0 Å². The first-order chi connectivity index (χ1) is 8.08. The maximum atomic E-state index is 6.05. The summed E-state index contributed by atoms with van der Waals surface area (Å²) in [6, 6.07) is 0. The van der Waals surface area contributed by atoms with Gasteiger partial charge in [-0.15, -0.1) is 0 Å². The smallest absolute Gasteiger partial charge is 0.126 e. The van der Waals surface area contributed by atoms with E-state index in [1.165, 1.54) is 18.5 Å². The quantitative estimate of drug-likeness (QED) is 0.811. The lowest BCUT2D eigenvalue weighted by Gasteiger charge is -2.20. The van der Waals surface area contributed by atoms with Crippen LogP contribution in [0.5, 0.6) is 0 Å². The average Bonchev–Trinajstić information content (AvgIpc) is 2.46. The van der Waals surface area contributed by atoms with Gasteiger partial charge in [0, 0.05) is 32.2 Å². The molecule has 0 atom stereocenters. The zero-order chi connectivity index (χ0) is 12.4. The fraction of sp³-hybridized carbons (Fsp3) is 0.750. The molecule has 1 aliphatic heterocycles. The first kappa shape index (κ1) is 12.4. The Bertz CT molecular complexity index is 384. The summed E-state index contributed by atoms with van der Waals surface area (Å²) in [4.78, 5) is 4.86. The molecule has 17 heavy (non-hydrogen) atoms. The van der Waals surface area contributed by atoms with Crippen LogP contribution in [0.4, 0.5) is 5.82 Å². The fourth-order valence-corrected chi connectivity index (χ4v) is 2.40. The molecule has 0 saturated carbocycles. The number of aromatic nitrogens is 2. The number of hydrogen-bond donors (Lipinski definition) is 1. The lowest BCUT2D eigenvalue weighted by molar-refractivity contribution is 0.269. The van der Waals surface area contributed by atoms with Crippen LogP contribution >= 0.6 is 0 Å². The number of rotatable bonds is 2. The van der Waals surface area contributed by atoms with Gasteiger partial charge in [-0.3, -0.25) is 9.58 Å². The van der Waals surface area contributed by atoms with Gasteiger partial charge in [-0.25, -0.2) is 0 Å². The van der Waals surface area contributed by atoms with E-state index in [2.05, 4.69) is 21.9 Å². The summed E-state index contributed by atoms with van der Waals surface area (Å²) in [5.41, 5.74) is 8.30. The molecular weight excluding hydrogens is 214 g/mol. The number of aryl methyl sites for hydroxylation is 2. The van der Waals surface area contributed by atoms with Crippen molar-refractivity contribution in [2.45, 2.75) is 19.9 Å². The van der Waals surface area contributed by atoms with E-state index in [0.717, 1.165) is 37.7 Å². The van der Waals surface area contributed by atoms with Crippen molar-refractivity contribution in [1.82, 2.24) is 19.6 Å². The van der Waals surface area contributed by atoms with Gasteiger partial charge in [-0.05, 0) is 33.5 Å². The molecule has 1 fully saturated rings. The van der Waals surface area contributed by atoms with Crippen LogP contribution < -0.4 is 5.73 Å². The molecule has 0 aliphatic carbocycles. The summed E-state index contributed by atoms with van der Waals surface area (Å²) >= 11 is 0. The molecule has 2 N–H and O–H groups in total. The zero-order valence-corrected chi connectivity index (χ0v) is 11.1. The van der Waals surface area contributed by atoms with Crippen molar-refractivity contribution in [1.29, 1.82) is 0 Å². The minimum Gasteiger partial charge on any atom is -0.384 e. The zero-order valence-electron chi connectivity index (χ0n) is 11.1. The highest BCUT2D eigenvalue weighted by atomic mass is 15.3. The minimum atomic E-state index is 0.806. The van der Waals surface area contributed by atoms with E-state index in [-0.39, 0.29) is 0 Å². The number of nitrogens with zero attached hydrogens (tertiary/aromatic N) is 4. The number of nitrogen functional groups attached to an aromatic ring is 1. The highest BCUT2D eigenvalue weighted by molar-refractivity contribution is 5.42. The van der Waals surface area contributed by atoms with Crippen molar-refractivity contribution in [3.8, 4) is 0 Å². The molecule has 0 radical (unpaired) electrons. The molecule has 0 amide bonds. The predicted molar refractivity (Wildman–Crippen MR) is 69.7 cm³/mol. The molecule has 2 heterocycles. The van der Waals surface area contributed by atoms with Crippen LogP contribution in [0.15, 0.2) is 0 Å². The molecular formula is C12H23N5. The van der Waals surface area contributed by atoms with Crippen molar-refractivity contribution in [2.75, 3.05) is 39.0 Å². The number of anilines is 1. The highest BCUT2D eigenvalue weighted by Gasteiger charge is 2.17. The second-order valence-electron chi connectivity index (χ2n) is 5.01. The van der Waals surface area contributed by atoms with Crippen LogP contribution in [0.1, 0.15) is 17.7 Å². The summed E-state index contributed by atoms with van der Waals surface area (Å²) < 4.78 is 1.77. The summed E-state index contributed by atoms with van der Waals surface area (Å²) in [5.74, 6) is 0.806. The summed E-state index contributed by atoms with van der Waals surface area (Å²) in [6.07, 6.45) is 1.23. The van der Waals surface area contributed by atoms with Crippen molar-refractivity contribution in [3.63, 3.8) is 0 Å². The first-order valence-electron chi connectivity index (χ1n) is 6.27. The summed E-state index contributed by atoms with van der Waals surface area (Å²) in [5, 5.41) is 4.37. The molecule has 1 aromatic rings. The van der Waals surface area contributed by atoms with Crippen molar-refractivity contribution in [3.05, 3.63) is 11.3 Å². The average molecular weight is 237 g/mol. The second-order valence-corrected chi connectivity index (χ2v) is 5.01. The van der Waals surface area contributed by atoms with Gasteiger partial charge in [0.15, 0.2) is 0 Å². The Morgan fingerprint density at radius 2 is 1.94 bits per heavy atom. The number of nitrogens with two attached hydrogens (primary N) is 1. The SMILES string of the molecule is Cc1nn(C)c(N)c1CN1CCCN(C)CC1. The van der Waals surface area contributed by atoms with Crippen LogP contribution in [-0.4, -0.2) is 52.8 Å². The van der Waals surface area contributed by atoms with Crippen LogP contribution in [0.3, 0.4) is 0 Å². The molecule has 1 saturated heterocycles. The van der Waals surface area contributed by atoms with Gasteiger partial charge in [-0.1, -0.05) is 0 Å². The summed E-state index contributed by atoms with van der Waals surface area (Å²) in [7, 11) is 4.09. The van der Waals surface area contributed by atoms with E-state index < -0.39 is 0 Å². The Labute approximate surface area is 103 Å². The third kappa shape index (κ3) is 2.79. The number of likely N-dealkylation sites (N-methyl/N-ethyl adjacent to an activating group) is 1. The Kier molecular flexibility index (Phi) is 3.69. The number of hydrogen-bond acceptors (Lipinski definition) is 4. The van der Waals surface area contributed by atoms with Crippen LogP contribution in [0, 0.1) is 6.92 Å². The molecule has 96 valence electrons. The van der Waals surface area contributed by atoms with E-state index in [1.54, 1.807) is 4.68 Å². The monoisotopic (exact) mass is 237 g/mol. The Morgan fingerprint density at radius 1 is 1.18 bits per heavy atom. The van der Waals surface area contributed by atoms with Gasteiger partial charge in [0.2, 0.25) is 0 Å². The van der Waals surface area contributed by atoms with Crippen molar-refractivity contribution < 1.29 is 0 Å². The van der Waals surface area contributed by atoms with E-state index in [9.17, 15) is 0 Å². The van der Waals surface area contributed by atoms with Gasteiger partial charge < -0.3 is 10.6 Å². The van der Waals surface area contributed by atoms with E-state index in [0.29, 0.717) is 0 Å². The predicted octanol–water partition coefficient (Wildman–Crippen LogP) is 0.448. The molecule has 0 aromatic carbocycles. The third-order valence-electron chi connectivity index (χ3n) is 3.59. The highest BCUT2D eigenvalue weighted by Crippen LogP contribution is 2.18. The lowest BCUT2D eigenvalue weighted by atomic mass is 10.2. The third-order valence-corrected chi connectivity index (χ3v) is 3.59. The molecule has 5 nitrogen and oxygen atoms in total. The Morgan fingerprint density at radius 3 is 2.59 bits per heavy atom. The van der Waals surface area contributed by atoms with Gasteiger partial charge in [0.25, 0.3) is 0 Å². The largest absolute Gasteiger partial charge is 0.384 e. The topological polar surface area (TPSA) is 50.3 Å². The molecule has 2 rings (SSSR count). The maximum Gasteiger partial charge on any atom is 0.126 e. The van der Waals surface area contributed by atoms with Crippen LogP contribution in [-0.2, 0) is 13.6 Å². The van der Waals surface area contributed by atoms with Crippen molar-refractivity contribution in [2.24, 2.45) is 7.05 Å². The van der Waals surface area contributed by atoms with Crippen LogP contribution in [0.2, 0.25) is 0 Å². The minimum absolute atomic E-state index is 0.806. The van der Waals surface area contributed by atoms with E-state index in [4.69, 9.17) is 5.73 Å². The molecule has 0 unspecified atom stereocenters. The van der Waals surface area contributed by atoms with E-state index in [1.807, 2.05) is 14.0 Å². The Hall–Kier alpha value is -1.07. The molecule has 0 spiro atoms. The van der Waals surface area contributed by atoms with Gasteiger partial charge >= 0.3 is 0 Å². The van der Waals surface area contributed by atoms with Crippen LogP contribution in [0.25, 0.3) is 0 Å². The fourth-order valence-electron chi connectivity index (χ4n) is 2.40. The standard InChI is InChI=1S/C12H23N5/c1-10-11(12(13)16(3)14-10)9-17-6-4-5-15(2)7-8-17/h4-9,13H2,1-3H3. The van der Waals surface area contributed by atoms with Gasteiger partial charge in [0.05, 0.1) is 5.69 Å². The van der Waals surface area contributed by atoms with Gasteiger partial charge in [0.1, 0.15) is 5.82 Å². The Balaban J connectivity index is 2.04. The first-order valence-corrected chi connectivity index (χ1v) is 6.27. The maximum absolute atomic E-state index is 6.05. The summed E-state index contributed by atoms with van der Waals surface area (Å²) in [6.45, 7) is 7.56. The second kappa shape index (κ2) is 5.06. The molecule has 5 heteroatoms. The van der Waals surface area contributed by atoms with Gasteiger partial charge in [-0.2, -0.15) is 5.10 Å². The molecule has 1 aromatic heterocycles.